The lowest BCUT2D eigenvalue weighted by Gasteiger charge is -2.03. The van der Waals surface area contributed by atoms with Gasteiger partial charge in [-0.05, 0) is 48.5 Å². The van der Waals surface area contributed by atoms with E-state index in [1.54, 1.807) is 61.7 Å². The Kier molecular flexibility index (Phi) is 5.32. The number of ether oxygens (including phenoxy) is 1. The predicted octanol–water partition coefficient (Wildman–Crippen LogP) is 4.52. The molecule has 0 saturated carbocycles. The molecule has 136 valence electrons. The Morgan fingerprint density at radius 3 is 2.56 bits per heavy atom. The molecule has 3 aromatic rings. The summed E-state index contributed by atoms with van der Waals surface area (Å²) < 4.78 is 10.7. The Bertz CT molecular complexity index is 990. The normalized spacial score (nSPS) is 10.7. The summed E-state index contributed by atoms with van der Waals surface area (Å²) in [7, 11) is 1.57. The van der Waals surface area contributed by atoms with E-state index in [2.05, 4.69) is 5.32 Å². The minimum absolute atomic E-state index is 0.0420. The highest BCUT2D eigenvalue weighted by atomic mass is 16.6. The van der Waals surface area contributed by atoms with E-state index < -0.39 is 4.92 Å². The Morgan fingerprint density at radius 2 is 1.85 bits per heavy atom. The second-order valence-corrected chi connectivity index (χ2v) is 5.53. The van der Waals surface area contributed by atoms with Crippen LogP contribution in [0, 0.1) is 10.1 Å². The quantitative estimate of drug-likeness (QED) is 0.394. The number of furan rings is 1. The summed E-state index contributed by atoms with van der Waals surface area (Å²) in [6.07, 6.45) is 2.82. The second kappa shape index (κ2) is 8.01. The number of carbonyl (C=O) groups excluding carboxylic acids is 1. The van der Waals surface area contributed by atoms with E-state index >= 15 is 0 Å². The maximum Gasteiger partial charge on any atom is 0.280 e. The van der Waals surface area contributed by atoms with Crippen molar-refractivity contribution in [1.29, 1.82) is 0 Å². The average molecular weight is 364 g/mol. The van der Waals surface area contributed by atoms with E-state index in [1.807, 2.05) is 0 Å². The van der Waals surface area contributed by atoms with Crippen LogP contribution in [0.15, 0.2) is 71.2 Å². The number of para-hydroxylation sites is 1. The fraction of sp³-hybridized carbons (Fsp3) is 0.0500. The lowest BCUT2D eigenvalue weighted by molar-refractivity contribution is -0.384. The molecule has 0 atom stereocenters. The van der Waals surface area contributed by atoms with Crippen LogP contribution < -0.4 is 10.1 Å². The molecule has 7 nitrogen and oxygen atoms in total. The van der Waals surface area contributed by atoms with Crippen LogP contribution in [-0.2, 0) is 4.79 Å². The van der Waals surface area contributed by atoms with Crippen LogP contribution >= 0.6 is 0 Å². The Hall–Kier alpha value is -3.87. The zero-order valence-electron chi connectivity index (χ0n) is 14.4. The molecule has 3 rings (SSSR count). The fourth-order valence-electron chi connectivity index (χ4n) is 2.44. The smallest absolute Gasteiger partial charge is 0.280 e. The molecule has 0 radical (unpaired) electrons. The molecule has 0 saturated heterocycles. The molecule has 0 bridgehead atoms. The number of nitrogens with one attached hydrogen (secondary N) is 1. The summed E-state index contributed by atoms with van der Waals surface area (Å²) in [4.78, 5) is 22.7. The minimum Gasteiger partial charge on any atom is -0.497 e. The van der Waals surface area contributed by atoms with Gasteiger partial charge in [0.1, 0.15) is 17.3 Å². The number of amides is 1. The van der Waals surface area contributed by atoms with Gasteiger partial charge < -0.3 is 14.5 Å². The van der Waals surface area contributed by atoms with E-state index in [4.69, 9.17) is 9.15 Å². The van der Waals surface area contributed by atoms with Gasteiger partial charge in [-0.3, -0.25) is 14.9 Å². The molecule has 0 aliphatic carbocycles. The van der Waals surface area contributed by atoms with E-state index in [9.17, 15) is 14.9 Å². The van der Waals surface area contributed by atoms with Gasteiger partial charge in [0.25, 0.3) is 5.69 Å². The summed E-state index contributed by atoms with van der Waals surface area (Å²) in [5.41, 5.74) is 0.968. The Morgan fingerprint density at radius 1 is 1.11 bits per heavy atom. The number of nitrogens with zero attached hydrogens (tertiary/aromatic N) is 1. The van der Waals surface area contributed by atoms with E-state index in [1.165, 1.54) is 18.2 Å². The van der Waals surface area contributed by atoms with E-state index in [0.717, 1.165) is 0 Å². The van der Waals surface area contributed by atoms with Gasteiger partial charge >= 0.3 is 0 Å². The number of nitro benzene ring substituents is 1. The van der Waals surface area contributed by atoms with E-state index in [-0.39, 0.29) is 11.6 Å². The van der Waals surface area contributed by atoms with Gasteiger partial charge in [-0.1, -0.05) is 12.1 Å². The lowest BCUT2D eigenvalue weighted by Crippen LogP contribution is -2.07. The van der Waals surface area contributed by atoms with Crippen LogP contribution in [0.25, 0.3) is 17.4 Å². The molecule has 1 amide bonds. The van der Waals surface area contributed by atoms with Crippen molar-refractivity contribution in [2.75, 3.05) is 12.4 Å². The molecule has 27 heavy (non-hydrogen) atoms. The summed E-state index contributed by atoms with van der Waals surface area (Å²) in [6.45, 7) is 0. The van der Waals surface area contributed by atoms with Crippen LogP contribution in [-0.4, -0.2) is 17.9 Å². The third-order valence-electron chi connectivity index (χ3n) is 3.75. The molecule has 0 unspecified atom stereocenters. The van der Waals surface area contributed by atoms with E-state index in [0.29, 0.717) is 28.5 Å². The minimum atomic E-state index is -0.463. The maximum absolute atomic E-state index is 12.0. The van der Waals surface area contributed by atoms with Crippen LogP contribution in [0.5, 0.6) is 5.75 Å². The summed E-state index contributed by atoms with van der Waals surface area (Å²) >= 11 is 0. The van der Waals surface area contributed by atoms with Crippen molar-refractivity contribution in [2.24, 2.45) is 0 Å². The number of anilines is 1. The van der Waals surface area contributed by atoms with Gasteiger partial charge in [-0.2, -0.15) is 0 Å². The van der Waals surface area contributed by atoms with Gasteiger partial charge in [0.05, 0.1) is 17.6 Å². The number of benzene rings is 2. The number of rotatable bonds is 6. The van der Waals surface area contributed by atoms with Gasteiger partial charge in [-0.15, -0.1) is 0 Å². The number of nitro groups is 1. The molecule has 0 fully saturated rings. The van der Waals surface area contributed by atoms with Crippen molar-refractivity contribution in [3.63, 3.8) is 0 Å². The zero-order chi connectivity index (χ0) is 19.2. The first-order valence-corrected chi connectivity index (χ1v) is 8.03. The highest BCUT2D eigenvalue weighted by Crippen LogP contribution is 2.31. The van der Waals surface area contributed by atoms with Gasteiger partial charge in [0.2, 0.25) is 5.91 Å². The number of carbonyl (C=O) groups is 1. The highest BCUT2D eigenvalue weighted by molar-refractivity contribution is 6.01. The van der Waals surface area contributed by atoms with Gasteiger partial charge in [0.15, 0.2) is 0 Å². The molecule has 0 spiro atoms. The molecule has 1 aromatic heterocycles. The van der Waals surface area contributed by atoms with Crippen LogP contribution in [0.1, 0.15) is 5.76 Å². The third-order valence-corrected chi connectivity index (χ3v) is 3.75. The predicted molar refractivity (Wildman–Crippen MR) is 101 cm³/mol. The van der Waals surface area contributed by atoms with Crippen LogP contribution in [0.3, 0.4) is 0 Å². The number of methoxy groups -OCH3 is 1. The van der Waals surface area contributed by atoms with Crippen molar-refractivity contribution < 1.29 is 18.9 Å². The summed E-state index contributed by atoms with van der Waals surface area (Å²) in [5, 5.41) is 13.8. The monoisotopic (exact) mass is 364 g/mol. The highest BCUT2D eigenvalue weighted by Gasteiger charge is 2.16. The average Bonchev–Trinajstić information content (AvgIpc) is 3.16. The van der Waals surface area contributed by atoms with Crippen molar-refractivity contribution in [3.05, 3.63) is 82.6 Å². The van der Waals surface area contributed by atoms with Crippen molar-refractivity contribution in [2.45, 2.75) is 0 Å². The molecule has 1 heterocycles. The van der Waals surface area contributed by atoms with Crippen LogP contribution in [0.2, 0.25) is 0 Å². The molecule has 1 N–H and O–H groups in total. The van der Waals surface area contributed by atoms with Crippen molar-refractivity contribution >= 4 is 23.4 Å². The third kappa shape index (κ3) is 4.40. The molecule has 0 aliphatic rings. The Balaban J connectivity index is 1.70. The topological polar surface area (TPSA) is 94.6 Å². The first kappa shape index (κ1) is 17.9. The Labute approximate surface area is 155 Å². The first-order valence-electron chi connectivity index (χ1n) is 8.03. The lowest BCUT2D eigenvalue weighted by atomic mass is 10.1. The van der Waals surface area contributed by atoms with Gasteiger partial charge in [-0.25, -0.2) is 0 Å². The zero-order valence-corrected chi connectivity index (χ0v) is 14.4. The second-order valence-electron chi connectivity index (χ2n) is 5.53. The number of hydrogen-bond donors (Lipinski definition) is 1. The standard InChI is InChI=1S/C20H16N2O5/c1-26-15-8-6-14(7-9-15)21-20(23)13-11-16-10-12-19(27-16)17-4-2-3-5-18(17)22(24)25/h2-13H,1H3,(H,21,23). The van der Waals surface area contributed by atoms with Gasteiger partial charge in [0, 0.05) is 17.8 Å². The number of hydrogen-bond acceptors (Lipinski definition) is 5. The maximum atomic E-state index is 12.0. The molecule has 7 heteroatoms. The summed E-state index contributed by atoms with van der Waals surface area (Å²) in [5.74, 6) is 1.14. The molecule has 0 aliphatic heterocycles. The molecule has 2 aromatic carbocycles. The van der Waals surface area contributed by atoms with Crippen LogP contribution in [0.4, 0.5) is 11.4 Å². The largest absolute Gasteiger partial charge is 0.497 e. The summed E-state index contributed by atoms with van der Waals surface area (Å²) in [6, 6.07) is 16.5. The SMILES string of the molecule is COc1ccc(NC(=O)C=Cc2ccc(-c3ccccc3[N+](=O)[O-])o2)cc1. The fourth-order valence-corrected chi connectivity index (χ4v) is 2.44. The molecular weight excluding hydrogens is 348 g/mol. The van der Waals surface area contributed by atoms with Crippen molar-refractivity contribution in [3.8, 4) is 17.1 Å². The molecular formula is C20H16N2O5. The first-order chi connectivity index (χ1) is 13.1. The van der Waals surface area contributed by atoms with Crippen molar-refractivity contribution in [1.82, 2.24) is 0 Å².